The SMILES string of the molecule is CCN(CC)C(=O)c1ccc(CNc2ccc(S(N)(=O)=O)cc2S(C)(=O)=O)cc1. The van der Waals surface area contributed by atoms with Crippen molar-refractivity contribution >= 4 is 31.5 Å². The van der Waals surface area contributed by atoms with Gasteiger partial charge in [0.25, 0.3) is 5.91 Å². The Morgan fingerprint density at radius 1 is 1.00 bits per heavy atom. The molecule has 0 radical (unpaired) electrons. The molecule has 0 unspecified atom stereocenters. The number of anilines is 1. The normalized spacial score (nSPS) is 11.9. The number of amides is 1. The molecule has 0 saturated heterocycles. The van der Waals surface area contributed by atoms with Crippen LogP contribution >= 0.6 is 0 Å². The van der Waals surface area contributed by atoms with Crippen LogP contribution in [0.25, 0.3) is 0 Å². The van der Waals surface area contributed by atoms with E-state index >= 15 is 0 Å². The fraction of sp³-hybridized carbons (Fsp3) is 0.316. The highest BCUT2D eigenvalue weighted by Crippen LogP contribution is 2.25. The maximum atomic E-state index is 12.3. The maximum Gasteiger partial charge on any atom is 0.253 e. The highest BCUT2D eigenvalue weighted by Gasteiger charge is 2.18. The van der Waals surface area contributed by atoms with Crippen molar-refractivity contribution in [2.24, 2.45) is 5.14 Å². The molecular weight excluding hydrogens is 414 g/mol. The number of carbonyl (C=O) groups excluding carboxylic acids is 1. The van der Waals surface area contributed by atoms with E-state index in [-0.39, 0.29) is 27.9 Å². The number of nitrogens with two attached hydrogens (primary N) is 1. The molecule has 10 heteroatoms. The van der Waals surface area contributed by atoms with E-state index in [9.17, 15) is 21.6 Å². The van der Waals surface area contributed by atoms with Gasteiger partial charge < -0.3 is 10.2 Å². The van der Waals surface area contributed by atoms with E-state index in [1.54, 1.807) is 29.2 Å². The van der Waals surface area contributed by atoms with Crippen molar-refractivity contribution in [2.75, 3.05) is 24.7 Å². The minimum atomic E-state index is -4.02. The second kappa shape index (κ2) is 8.93. The molecule has 0 saturated carbocycles. The Morgan fingerprint density at radius 2 is 1.59 bits per heavy atom. The van der Waals surface area contributed by atoms with Crippen molar-refractivity contribution in [1.82, 2.24) is 4.90 Å². The Labute approximate surface area is 171 Å². The van der Waals surface area contributed by atoms with Gasteiger partial charge in [-0.1, -0.05) is 12.1 Å². The monoisotopic (exact) mass is 439 g/mol. The fourth-order valence-corrected chi connectivity index (χ4v) is 4.28. The van der Waals surface area contributed by atoms with Crippen LogP contribution in [0.1, 0.15) is 29.8 Å². The van der Waals surface area contributed by atoms with Crippen LogP contribution < -0.4 is 10.5 Å². The van der Waals surface area contributed by atoms with Crippen molar-refractivity contribution in [3.05, 3.63) is 53.6 Å². The molecule has 0 aromatic heterocycles. The van der Waals surface area contributed by atoms with Gasteiger partial charge in [-0.3, -0.25) is 4.79 Å². The van der Waals surface area contributed by atoms with Crippen LogP contribution in [-0.4, -0.2) is 47.0 Å². The highest BCUT2D eigenvalue weighted by molar-refractivity contribution is 7.91. The van der Waals surface area contributed by atoms with E-state index in [0.29, 0.717) is 18.7 Å². The third-order valence-electron chi connectivity index (χ3n) is 4.42. The van der Waals surface area contributed by atoms with Crippen LogP contribution in [0.2, 0.25) is 0 Å². The molecular formula is C19H25N3O5S2. The van der Waals surface area contributed by atoms with Crippen molar-refractivity contribution < 1.29 is 21.6 Å². The van der Waals surface area contributed by atoms with Gasteiger partial charge in [-0.2, -0.15) is 0 Å². The number of hydrogen-bond donors (Lipinski definition) is 2. The Kier molecular flexibility index (Phi) is 7.04. The van der Waals surface area contributed by atoms with E-state index < -0.39 is 19.9 Å². The Hall–Kier alpha value is -2.43. The molecule has 0 spiro atoms. The van der Waals surface area contributed by atoms with E-state index in [1.807, 2.05) is 13.8 Å². The first kappa shape index (κ1) is 22.9. The number of sulfone groups is 1. The first-order valence-electron chi connectivity index (χ1n) is 8.96. The summed E-state index contributed by atoms with van der Waals surface area (Å²) in [6.45, 7) is 5.38. The number of benzene rings is 2. The highest BCUT2D eigenvalue weighted by atomic mass is 32.2. The summed E-state index contributed by atoms with van der Waals surface area (Å²) >= 11 is 0. The number of primary sulfonamides is 1. The third-order valence-corrected chi connectivity index (χ3v) is 6.46. The molecule has 1 amide bonds. The minimum absolute atomic E-state index is 0.0487. The van der Waals surface area contributed by atoms with Gasteiger partial charge in [0.2, 0.25) is 10.0 Å². The minimum Gasteiger partial charge on any atom is -0.380 e. The van der Waals surface area contributed by atoms with E-state index in [2.05, 4.69) is 5.32 Å². The quantitative estimate of drug-likeness (QED) is 0.646. The summed E-state index contributed by atoms with van der Waals surface area (Å²) in [5, 5.41) is 8.09. The van der Waals surface area contributed by atoms with Gasteiger partial charge in [0.05, 0.1) is 15.5 Å². The number of hydrogen-bond acceptors (Lipinski definition) is 6. The lowest BCUT2D eigenvalue weighted by atomic mass is 10.1. The molecule has 2 aromatic carbocycles. The second-order valence-corrected chi connectivity index (χ2v) is 10.0. The Morgan fingerprint density at radius 3 is 2.07 bits per heavy atom. The zero-order valence-corrected chi connectivity index (χ0v) is 18.2. The summed E-state index contributed by atoms with van der Waals surface area (Å²) < 4.78 is 47.2. The molecule has 0 aliphatic carbocycles. The number of nitrogens with one attached hydrogen (secondary N) is 1. The van der Waals surface area contributed by atoms with E-state index in [1.165, 1.54) is 12.1 Å². The zero-order chi connectivity index (χ0) is 21.8. The second-order valence-electron chi connectivity index (χ2n) is 6.50. The number of carbonyl (C=O) groups is 1. The van der Waals surface area contributed by atoms with Gasteiger partial charge in [-0.15, -0.1) is 0 Å². The molecule has 2 rings (SSSR count). The molecule has 3 N–H and O–H groups in total. The first-order chi connectivity index (χ1) is 13.5. The lowest BCUT2D eigenvalue weighted by molar-refractivity contribution is 0.0773. The molecule has 0 fully saturated rings. The largest absolute Gasteiger partial charge is 0.380 e. The van der Waals surface area contributed by atoms with Crippen molar-refractivity contribution in [2.45, 2.75) is 30.2 Å². The van der Waals surface area contributed by atoms with E-state index in [4.69, 9.17) is 5.14 Å². The van der Waals surface area contributed by atoms with Gasteiger partial charge in [0.15, 0.2) is 9.84 Å². The summed E-state index contributed by atoms with van der Waals surface area (Å²) in [4.78, 5) is 13.6. The molecule has 29 heavy (non-hydrogen) atoms. The summed E-state index contributed by atoms with van der Waals surface area (Å²) in [6.07, 6.45) is 0.994. The van der Waals surface area contributed by atoms with Crippen LogP contribution in [0, 0.1) is 0 Å². The molecule has 8 nitrogen and oxygen atoms in total. The average molecular weight is 440 g/mol. The third kappa shape index (κ3) is 5.78. The number of rotatable bonds is 8. The van der Waals surface area contributed by atoms with Crippen LogP contribution in [0.15, 0.2) is 52.3 Å². The number of sulfonamides is 1. The molecule has 0 atom stereocenters. The van der Waals surface area contributed by atoms with Crippen LogP contribution in [0.4, 0.5) is 5.69 Å². The van der Waals surface area contributed by atoms with Crippen molar-refractivity contribution in [3.63, 3.8) is 0 Å². The van der Waals surface area contributed by atoms with Gasteiger partial charge in [0.1, 0.15) is 0 Å². The van der Waals surface area contributed by atoms with Crippen molar-refractivity contribution in [1.29, 1.82) is 0 Å². The van der Waals surface area contributed by atoms with Crippen LogP contribution in [-0.2, 0) is 26.4 Å². The zero-order valence-electron chi connectivity index (χ0n) is 16.5. The van der Waals surface area contributed by atoms with Gasteiger partial charge in [-0.05, 0) is 49.7 Å². The molecule has 2 aromatic rings. The van der Waals surface area contributed by atoms with Gasteiger partial charge in [0, 0.05) is 31.5 Å². The lowest BCUT2D eigenvalue weighted by Crippen LogP contribution is -2.30. The van der Waals surface area contributed by atoms with Crippen LogP contribution in [0.3, 0.4) is 0 Å². The Balaban J connectivity index is 2.23. The number of nitrogens with zero attached hydrogens (tertiary/aromatic N) is 1. The Bertz CT molecular complexity index is 1090. The van der Waals surface area contributed by atoms with E-state index in [0.717, 1.165) is 17.9 Å². The summed E-state index contributed by atoms with van der Waals surface area (Å²) in [7, 11) is -7.71. The fourth-order valence-electron chi connectivity index (χ4n) is 2.79. The molecule has 158 valence electrons. The van der Waals surface area contributed by atoms with Crippen LogP contribution in [0.5, 0.6) is 0 Å². The topological polar surface area (TPSA) is 127 Å². The average Bonchev–Trinajstić information content (AvgIpc) is 2.66. The predicted octanol–water partition coefficient (Wildman–Crippen LogP) is 1.83. The molecule has 0 bridgehead atoms. The van der Waals surface area contributed by atoms with Crippen molar-refractivity contribution in [3.8, 4) is 0 Å². The molecule has 0 heterocycles. The summed E-state index contributed by atoms with van der Waals surface area (Å²) in [5.41, 5.74) is 1.67. The van der Waals surface area contributed by atoms with Gasteiger partial charge >= 0.3 is 0 Å². The first-order valence-corrected chi connectivity index (χ1v) is 12.4. The lowest BCUT2D eigenvalue weighted by Gasteiger charge is -2.18. The predicted molar refractivity (Wildman–Crippen MR) is 112 cm³/mol. The molecule has 0 aliphatic heterocycles. The standard InChI is InChI=1S/C19H25N3O5S2/c1-4-22(5-2)19(23)15-8-6-14(7-9-15)13-21-17-11-10-16(29(20,26)27)12-18(17)28(3,24)25/h6-12,21H,4-5,13H2,1-3H3,(H2,20,26,27). The summed E-state index contributed by atoms with van der Waals surface area (Å²) in [6, 6.07) is 10.7. The van der Waals surface area contributed by atoms with Gasteiger partial charge in [-0.25, -0.2) is 22.0 Å². The maximum absolute atomic E-state index is 12.3. The molecule has 0 aliphatic rings. The summed E-state index contributed by atoms with van der Waals surface area (Å²) in [5.74, 6) is -0.0487. The smallest absolute Gasteiger partial charge is 0.253 e.